The fraction of sp³-hybridized carbons (Fsp3) is 0.0769. The van der Waals surface area contributed by atoms with E-state index in [1.165, 1.54) is 0 Å². The average Bonchev–Trinajstić information content (AvgIpc) is 2.29. The first kappa shape index (κ1) is 10.5. The Morgan fingerprint density at radius 3 is 2.94 bits per heavy atom. The van der Waals surface area contributed by atoms with E-state index in [1.54, 1.807) is 6.07 Å². The Balaban J connectivity index is 2.43. The molecule has 1 aromatic heterocycles. The van der Waals surface area contributed by atoms with Crippen molar-refractivity contribution in [2.24, 2.45) is 0 Å². The molecule has 0 radical (unpaired) electrons. The third-order valence-electron chi connectivity index (χ3n) is 2.06. The van der Waals surface area contributed by atoms with Crippen molar-refractivity contribution in [1.29, 1.82) is 5.26 Å². The number of hydrogen-bond donors (Lipinski definition) is 0. The Labute approximate surface area is 98.5 Å². The van der Waals surface area contributed by atoms with Gasteiger partial charge in [-0.15, -0.1) is 0 Å². The lowest BCUT2D eigenvalue weighted by Crippen LogP contribution is -1.81. The van der Waals surface area contributed by atoms with Crippen LogP contribution < -0.4 is 0 Å². The van der Waals surface area contributed by atoms with Crippen molar-refractivity contribution in [2.75, 3.05) is 0 Å². The molecule has 1 aromatic carbocycles. The Kier molecular flexibility index (Phi) is 3.05. The largest absolute Gasteiger partial charge is 0.236 e. The summed E-state index contributed by atoms with van der Waals surface area (Å²) < 4.78 is 0. The van der Waals surface area contributed by atoms with Crippen LogP contribution in [0.4, 0.5) is 0 Å². The molecule has 1 heterocycles. The molecule has 0 aliphatic rings. The molecule has 2 aromatic rings. The number of rotatable bonds is 0. The number of fused-ring (bicyclic) bond motifs is 1. The molecule has 0 spiro atoms. The standard InChI is InChI=1S/C13H7ClN2/c14-13-7-5-11-9-10(3-1-2-8-15)4-6-12(11)16-13/h4-7,9H,2H2. The number of benzene rings is 1. The number of hydrogen-bond acceptors (Lipinski definition) is 2. The van der Waals surface area contributed by atoms with Crippen molar-refractivity contribution in [3.05, 3.63) is 41.0 Å². The van der Waals surface area contributed by atoms with Crippen LogP contribution in [-0.2, 0) is 0 Å². The summed E-state index contributed by atoms with van der Waals surface area (Å²) in [6, 6.07) is 11.3. The smallest absolute Gasteiger partial charge is 0.129 e. The molecule has 2 nitrogen and oxygen atoms in total. The maximum Gasteiger partial charge on any atom is 0.129 e. The molecule has 16 heavy (non-hydrogen) atoms. The highest BCUT2D eigenvalue weighted by molar-refractivity contribution is 6.29. The lowest BCUT2D eigenvalue weighted by atomic mass is 10.1. The minimum Gasteiger partial charge on any atom is -0.236 e. The Bertz CT molecular complexity index is 630. The maximum atomic E-state index is 8.37. The van der Waals surface area contributed by atoms with E-state index in [1.807, 2.05) is 30.3 Å². The molecule has 0 N–H and O–H groups in total. The van der Waals surface area contributed by atoms with Crippen LogP contribution in [0.15, 0.2) is 30.3 Å². The molecule has 0 saturated heterocycles. The molecule has 0 atom stereocenters. The van der Waals surface area contributed by atoms with Crippen LogP contribution in [0.2, 0.25) is 5.15 Å². The van der Waals surface area contributed by atoms with Crippen molar-refractivity contribution in [3.63, 3.8) is 0 Å². The van der Waals surface area contributed by atoms with Gasteiger partial charge in [0.25, 0.3) is 0 Å². The summed E-state index contributed by atoms with van der Waals surface area (Å²) in [6.07, 6.45) is 0.247. The SMILES string of the molecule is N#CCC#Cc1ccc2nc(Cl)ccc2c1. The topological polar surface area (TPSA) is 36.7 Å². The van der Waals surface area contributed by atoms with E-state index >= 15 is 0 Å². The summed E-state index contributed by atoms with van der Waals surface area (Å²) in [5.41, 5.74) is 1.73. The van der Waals surface area contributed by atoms with Crippen LogP contribution in [0.25, 0.3) is 10.9 Å². The second-order valence-corrected chi connectivity index (χ2v) is 3.57. The second kappa shape index (κ2) is 4.66. The lowest BCUT2D eigenvalue weighted by molar-refractivity contribution is 1.39. The second-order valence-electron chi connectivity index (χ2n) is 3.18. The van der Waals surface area contributed by atoms with Crippen LogP contribution in [0, 0.1) is 23.2 Å². The van der Waals surface area contributed by atoms with Gasteiger partial charge in [0.05, 0.1) is 18.0 Å². The van der Waals surface area contributed by atoms with Gasteiger partial charge in [-0.1, -0.05) is 23.4 Å². The van der Waals surface area contributed by atoms with Gasteiger partial charge in [0.1, 0.15) is 5.15 Å². The average molecular weight is 227 g/mol. The summed E-state index contributed by atoms with van der Waals surface area (Å²) in [4.78, 5) is 4.18. The molecule has 0 amide bonds. The first-order chi connectivity index (χ1) is 7.79. The summed E-state index contributed by atoms with van der Waals surface area (Å²) in [7, 11) is 0. The van der Waals surface area contributed by atoms with Crippen molar-refractivity contribution >= 4 is 22.5 Å². The Morgan fingerprint density at radius 1 is 1.25 bits per heavy atom. The Morgan fingerprint density at radius 2 is 2.12 bits per heavy atom. The van der Waals surface area contributed by atoms with E-state index in [0.29, 0.717) is 5.15 Å². The van der Waals surface area contributed by atoms with E-state index in [-0.39, 0.29) is 6.42 Å². The summed E-state index contributed by atoms with van der Waals surface area (Å²) in [5, 5.41) is 9.85. The molecule has 3 heteroatoms. The minimum atomic E-state index is 0.247. The van der Waals surface area contributed by atoms with Gasteiger partial charge in [-0.2, -0.15) is 5.26 Å². The highest BCUT2D eigenvalue weighted by atomic mass is 35.5. The molecule has 0 bridgehead atoms. The van der Waals surface area contributed by atoms with Crippen LogP contribution >= 0.6 is 11.6 Å². The van der Waals surface area contributed by atoms with Gasteiger partial charge in [-0.05, 0) is 30.3 Å². The first-order valence-corrected chi connectivity index (χ1v) is 5.09. The number of nitrogens with zero attached hydrogens (tertiary/aromatic N) is 2. The van der Waals surface area contributed by atoms with Gasteiger partial charge < -0.3 is 0 Å². The Hall–Kier alpha value is -2.03. The van der Waals surface area contributed by atoms with Crippen LogP contribution in [0.3, 0.4) is 0 Å². The fourth-order valence-electron chi connectivity index (χ4n) is 1.36. The summed E-state index contributed by atoms with van der Waals surface area (Å²) in [6.45, 7) is 0. The number of halogens is 1. The van der Waals surface area contributed by atoms with Crippen molar-refractivity contribution < 1.29 is 0 Å². The summed E-state index contributed by atoms with van der Waals surface area (Å²) in [5.74, 6) is 5.69. The molecule has 76 valence electrons. The third-order valence-corrected chi connectivity index (χ3v) is 2.27. The van der Waals surface area contributed by atoms with Gasteiger partial charge in [0.2, 0.25) is 0 Å². The zero-order valence-corrected chi connectivity index (χ0v) is 9.12. The van der Waals surface area contributed by atoms with Crippen molar-refractivity contribution in [1.82, 2.24) is 4.98 Å². The van der Waals surface area contributed by atoms with Gasteiger partial charge in [-0.3, -0.25) is 0 Å². The first-order valence-electron chi connectivity index (χ1n) is 4.72. The molecule has 0 aliphatic carbocycles. The predicted octanol–water partition coefficient (Wildman–Crippen LogP) is 3.15. The van der Waals surface area contributed by atoms with Crippen LogP contribution in [0.5, 0.6) is 0 Å². The van der Waals surface area contributed by atoms with Crippen molar-refractivity contribution in [3.8, 4) is 17.9 Å². The number of nitriles is 1. The zero-order valence-electron chi connectivity index (χ0n) is 8.37. The van der Waals surface area contributed by atoms with E-state index < -0.39 is 0 Å². The van der Waals surface area contributed by atoms with Gasteiger partial charge in [0.15, 0.2) is 0 Å². The monoisotopic (exact) mass is 226 g/mol. The van der Waals surface area contributed by atoms with Gasteiger partial charge >= 0.3 is 0 Å². The normalized spacial score (nSPS) is 9.25. The van der Waals surface area contributed by atoms with Gasteiger partial charge in [0, 0.05) is 10.9 Å². The molecular weight excluding hydrogens is 220 g/mol. The number of aromatic nitrogens is 1. The zero-order chi connectivity index (χ0) is 11.4. The van der Waals surface area contributed by atoms with E-state index in [4.69, 9.17) is 16.9 Å². The molecule has 0 aliphatic heterocycles. The predicted molar refractivity (Wildman–Crippen MR) is 63.9 cm³/mol. The fourth-order valence-corrected chi connectivity index (χ4v) is 1.52. The van der Waals surface area contributed by atoms with Gasteiger partial charge in [-0.25, -0.2) is 4.98 Å². The van der Waals surface area contributed by atoms with E-state index in [9.17, 15) is 0 Å². The maximum absolute atomic E-state index is 8.37. The highest BCUT2D eigenvalue weighted by Crippen LogP contribution is 2.16. The molecule has 0 saturated carbocycles. The lowest BCUT2D eigenvalue weighted by Gasteiger charge is -1.97. The highest BCUT2D eigenvalue weighted by Gasteiger charge is 1.96. The molecule has 0 fully saturated rings. The van der Waals surface area contributed by atoms with E-state index in [0.717, 1.165) is 16.5 Å². The molecule has 0 unspecified atom stereocenters. The van der Waals surface area contributed by atoms with Crippen LogP contribution in [-0.4, -0.2) is 4.98 Å². The summed E-state index contributed by atoms with van der Waals surface area (Å²) >= 11 is 5.79. The minimum absolute atomic E-state index is 0.247. The number of pyridine rings is 1. The van der Waals surface area contributed by atoms with Crippen molar-refractivity contribution in [2.45, 2.75) is 6.42 Å². The molecular formula is C13H7ClN2. The van der Waals surface area contributed by atoms with Crippen LogP contribution in [0.1, 0.15) is 12.0 Å². The van der Waals surface area contributed by atoms with E-state index in [2.05, 4.69) is 16.8 Å². The molecule has 2 rings (SSSR count). The third kappa shape index (κ3) is 2.31. The quantitative estimate of drug-likeness (QED) is 0.511.